The minimum Gasteiger partial charge on any atom is -0.364 e. The van der Waals surface area contributed by atoms with E-state index in [1.54, 1.807) is 6.26 Å². The van der Waals surface area contributed by atoms with Crippen molar-refractivity contribution >= 4 is 5.96 Å². The highest BCUT2D eigenvalue weighted by Crippen LogP contribution is 2.12. The van der Waals surface area contributed by atoms with E-state index < -0.39 is 0 Å². The van der Waals surface area contributed by atoms with Gasteiger partial charge in [-0.15, -0.1) is 0 Å². The summed E-state index contributed by atoms with van der Waals surface area (Å²) in [4.78, 5) is 9.64. The zero-order chi connectivity index (χ0) is 18.4. The Morgan fingerprint density at radius 3 is 2.65 bits per heavy atom. The van der Waals surface area contributed by atoms with E-state index in [2.05, 4.69) is 59.2 Å². The molecular weight excluding hydrogens is 326 g/mol. The molecule has 1 fully saturated rings. The van der Waals surface area contributed by atoms with Gasteiger partial charge in [-0.05, 0) is 31.9 Å². The Balaban J connectivity index is 1.59. The van der Waals surface area contributed by atoms with Crippen molar-refractivity contribution in [3.05, 3.63) is 52.9 Å². The van der Waals surface area contributed by atoms with Crippen LogP contribution in [0.2, 0.25) is 0 Å². The van der Waals surface area contributed by atoms with E-state index in [4.69, 9.17) is 9.52 Å². The van der Waals surface area contributed by atoms with Crippen molar-refractivity contribution in [3.8, 4) is 0 Å². The molecule has 1 aromatic heterocycles. The van der Waals surface area contributed by atoms with Gasteiger partial charge in [-0.2, -0.15) is 0 Å². The molecule has 3 rings (SSSR count). The van der Waals surface area contributed by atoms with Crippen LogP contribution in [-0.4, -0.2) is 53.6 Å². The first-order chi connectivity index (χ1) is 12.7. The zero-order valence-electron chi connectivity index (χ0n) is 16.0. The molecular formula is C20H29N5O. The molecule has 1 saturated heterocycles. The Kier molecular flexibility index (Phi) is 6.28. The Bertz CT molecular complexity index is 718. The summed E-state index contributed by atoms with van der Waals surface area (Å²) in [6, 6.07) is 8.50. The largest absolute Gasteiger partial charge is 0.364 e. The lowest BCUT2D eigenvalue weighted by molar-refractivity contribution is 0.169. The molecule has 0 atom stereocenters. The summed E-state index contributed by atoms with van der Waals surface area (Å²) in [6.45, 7) is 12.8. The van der Waals surface area contributed by atoms with Crippen molar-refractivity contribution in [1.29, 1.82) is 0 Å². The summed E-state index contributed by atoms with van der Waals surface area (Å²) in [5.41, 5.74) is 4.89. The van der Waals surface area contributed by atoms with Crippen LogP contribution in [0.4, 0.5) is 0 Å². The number of hydrogen-bond acceptors (Lipinski definition) is 4. The number of guanidine groups is 1. The van der Waals surface area contributed by atoms with Gasteiger partial charge >= 0.3 is 0 Å². The first kappa shape index (κ1) is 18.5. The summed E-state index contributed by atoms with van der Waals surface area (Å²) in [5, 5.41) is 7.45. The van der Waals surface area contributed by atoms with Crippen LogP contribution in [0.3, 0.4) is 0 Å². The van der Waals surface area contributed by atoms with Crippen molar-refractivity contribution in [2.24, 2.45) is 4.99 Å². The van der Waals surface area contributed by atoms with Gasteiger partial charge in [-0.1, -0.05) is 28.9 Å². The van der Waals surface area contributed by atoms with Gasteiger partial charge in [0.15, 0.2) is 5.96 Å². The van der Waals surface area contributed by atoms with Crippen molar-refractivity contribution < 1.29 is 4.52 Å². The molecule has 6 heteroatoms. The molecule has 1 aliphatic rings. The maximum atomic E-state index is 4.92. The maximum Gasteiger partial charge on any atom is 0.194 e. The molecule has 1 aliphatic heterocycles. The highest BCUT2D eigenvalue weighted by atomic mass is 16.5. The van der Waals surface area contributed by atoms with E-state index in [0.29, 0.717) is 6.54 Å². The van der Waals surface area contributed by atoms with Gasteiger partial charge in [0.1, 0.15) is 6.26 Å². The lowest BCUT2D eigenvalue weighted by atomic mass is 10.1. The fourth-order valence-electron chi connectivity index (χ4n) is 3.28. The van der Waals surface area contributed by atoms with Gasteiger partial charge in [-0.3, -0.25) is 4.90 Å². The fourth-order valence-corrected chi connectivity index (χ4v) is 3.28. The number of aryl methyl sites for hydroxylation is 2. The SMILES string of the molecule is CCNC(=NCc1ccc(C)cc1C)N1CCN(Cc2ccon2)CC1. The van der Waals surface area contributed by atoms with Gasteiger partial charge in [0, 0.05) is 45.3 Å². The van der Waals surface area contributed by atoms with Crippen LogP contribution in [0.1, 0.15) is 29.3 Å². The van der Waals surface area contributed by atoms with Crippen molar-refractivity contribution in [2.75, 3.05) is 32.7 Å². The van der Waals surface area contributed by atoms with Gasteiger partial charge in [0.2, 0.25) is 0 Å². The molecule has 0 amide bonds. The number of hydrogen-bond donors (Lipinski definition) is 1. The third-order valence-corrected chi connectivity index (χ3v) is 4.78. The first-order valence-corrected chi connectivity index (χ1v) is 9.36. The van der Waals surface area contributed by atoms with Crippen molar-refractivity contribution in [3.63, 3.8) is 0 Å². The van der Waals surface area contributed by atoms with Crippen molar-refractivity contribution in [2.45, 2.75) is 33.9 Å². The number of benzene rings is 1. The molecule has 0 aliphatic carbocycles. The van der Waals surface area contributed by atoms with Crippen LogP contribution >= 0.6 is 0 Å². The molecule has 0 spiro atoms. The molecule has 0 bridgehead atoms. The summed E-state index contributed by atoms with van der Waals surface area (Å²) in [5.74, 6) is 1.01. The summed E-state index contributed by atoms with van der Waals surface area (Å²) in [7, 11) is 0. The second kappa shape index (κ2) is 8.85. The molecule has 1 N–H and O–H groups in total. The first-order valence-electron chi connectivity index (χ1n) is 9.36. The van der Waals surface area contributed by atoms with Gasteiger partial charge in [0.25, 0.3) is 0 Å². The predicted octanol–water partition coefficient (Wildman–Crippen LogP) is 2.57. The lowest BCUT2D eigenvalue weighted by Crippen LogP contribution is -2.52. The standard InChI is InChI=1S/C20H29N5O/c1-4-21-20(22-14-18-6-5-16(2)13-17(18)3)25-10-8-24(9-11-25)15-19-7-12-26-23-19/h5-7,12-13H,4,8-11,14-15H2,1-3H3,(H,21,22). The Hall–Kier alpha value is -2.34. The number of piperazine rings is 1. The highest BCUT2D eigenvalue weighted by molar-refractivity contribution is 5.80. The Morgan fingerprint density at radius 2 is 2.00 bits per heavy atom. The third kappa shape index (κ3) is 4.85. The molecule has 2 heterocycles. The second-order valence-electron chi connectivity index (χ2n) is 6.85. The van der Waals surface area contributed by atoms with E-state index in [1.807, 2.05) is 6.07 Å². The van der Waals surface area contributed by atoms with E-state index in [1.165, 1.54) is 16.7 Å². The predicted molar refractivity (Wildman–Crippen MR) is 104 cm³/mol. The Labute approximate surface area is 155 Å². The number of aliphatic imine (C=N–C) groups is 1. The highest BCUT2D eigenvalue weighted by Gasteiger charge is 2.20. The van der Waals surface area contributed by atoms with Crippen molar-refractivity contribution in [1.82, 2.24) is 20.3 Å². The monoisotopic (exact) mass is 355 g/mol. The molecule has 0 radical (unpaired) electrons. The smallest absolute Gasteiger partial charge is 0.194 e. The van der Waals surface area contributed by atoms with Crippen LogP contribution in [0.15, 0.2) is 40.0 Å². The van der Waals surface area contributed by atoms with Crippen LogP contribution in [-0.2, 0) is 13.1 Å². The van der Waals surface area contributed by atoms with Crippen LogP contribution < -0.4 is 5.32 Å². The van der Waals surface area contributed by atoms with Crippen LogP contribution in [0, 0.1) is 13.8 Å². The average molecular weight is 355 g/mol. The minimum atomic E-state index is 0.716. The van der Waals surface area contributed by atoms with E-state index in [0.717, 1.165) is 50.9 Å². The summed E-state index contributed by atoms with van der Waals surface area (Å²) >= 11 is 0. The number of aromatic nitrogens is 1. The second-order valence-corrected chi connectivity index (χ2v) is 6.85. The minimum absolute atomic E-state index is 0.716. The fraction of sp³-hybridized carbons (Fsp3) is 0.500. The molecule has 0 unspecified atom stereocenters. The molecule has 0 saturated carbocycles. The Morgan fingerprint density at radius 1 is 1.19 bits per heavy atom. The zero-order valence-corrected chi connectivity index (χ0v) is 16.0. The lowest BCUT2D eigenvalue weighted by Gasteiger charge is -2.36. The summed E-state index contributed by atoms with van der Waals surface area (Å²) in [6.07, 6.45) is 1.63. The quantitative estimate of drug-likeness (QED) is 0.660. The number of nitrogens with zero attached hydrogens (tertiary/aromatic N) is 4. The van der Waals surface area contributed by atoms with Gasteiger partial charge in [-0.25, -0.2) is 4.99 Å². The molecule has 1 aromatic carbocycles. The van der Waals surface area contributed by atoms with E-state index in [-0.39, 0.29) is 0 Å². The topological polar surface area (TPSA) is 56.9 Å². The maximum absolute atomic E-state index is 4.92. The average Bonchev–Trinajstić information content (AvgIpc) is 3.14. The summed E-state index contributed by atoms with van der Waals surface area (Å²) < 4.78 is 4.92. The van der Waals surface area contributed by atoms with E-state index >= 15 is 0 Å². The molecule has 26 heavy (non-hydrogen) atoms. The van der Waals surface area contributed by atoms with Crippen LogP contribution in [0.25, 0.3) is 0 Å². The van der Waals surface area contributed by atoms with E-state index in [9.17, 15) is 0 Å². The molecule has 2 aromatic rings. The molecule has 6 nitrogen and oxygen atoms in total. The normalized spacial score (nSPS) is 16.1. The van der Waals surface area contributed by atoms with Gasteiger partial charge in [0.05, 0.1) is 12.2 Å². The number of rotatable bonds is 5. The molecule has 140 valence electrons. The number of nitrogens with one attached hydrogen (secondary N) is 1. The third-order valence-electron chi connectivity index (χ3n) is 4.78. The van der Waals surface area contributed by atoms with Gasteiger partial charge < -0.3 is 14.7 Å². The van der Waals surface area contributed by atoms with Crippen LogP contribution in [0.5, 0.6) is 0 Å².